The summed E-state index contributed by atoms with van der Waals surface area (Å²) in [5, 5.41) is 6.65. The summed E-state index contributed by atoms with van der Waals surface area (Å²) in [5.74, 6) is -3.35. The molecule has 0 radical (unpaired) electrons. The second-order valence-electron chi connectivity index (χ2n) is 7.33. The highest BCUT2D eigenvalue weighted by atomic mass is 19.3. The van der Waals surface area contributed by atoms with E-state index in [1.54, 1.807) is 22.7 Å². The van der Waals surface area contributed by atoms with Crippen LogP contribution in [0.4, 0.5) is 33.7 Å². The molecule has 0 aliphatic carbocycles. The van der Waals surface area contributed by atoms with Crippen molar-refractivity contribution in [1.29, 1.82) is 0 Å². The van der Waals surface area contributed by atoms with Gasteiger partial charge in [-0.3, -0.25) is 9.48 Å². The molecule has 1 fully saturated rings. The third-order valence-electron chi connectivity index (χ3n) is 5.30. The van der Waals surface area contributed by atoms with Crippen molar-refractivity contribution in [2.75, 3.05) is 30.0 Å². The highest BCUT2D eigenvalue weighted by Gasteiger charge is 2.33. The molecule has 1 atom stereocenters. The number of hydrogen-bond donors (Lipinski definition) is 1. The molecule has 0 unspecified atom stereocenters. The Morgan fingerprint density at radius 1 is 1.32 bits per heavy atom. The first-order chi connectivity index (χ1) is 14.8. The Hall–Kier alpha value is -3.15. The van der Waals surface area contributed by atoms with E-state index in [0.29, 0.717) is 43.2 Å². The van der Waals surface area contributed by atoms with Gasteiger partial charge in [0.25, 0.3) is 12.3 Å². The van der Waals surface area contributed by atoms with Crippen LogP contribution in [0, 0.1) is 11.6 Å². The smallest absolute Gasteiger partial charge is 0.322 e. The van der Waals surface area contributed by atoms with E-state index < -0.39 is 29.7 Å². The van der Waals surface area contributed by atoms with Crippen LogP contribution in [-0.4, -0.2) is 52.4 Å². The monoisotopic (exact) mass is 441 g/mol. The molecule has 12 heteroatoms. The first-order valence-electron chi connectivity index (χ1n) is 9.53. The molecule has 8 nitrogen and oxygen atoms in total. The Morgan fingerprint density at radius 2 is 2.10 bits per heavy atom. The number of nitrogens with zero attached hydrogens (tertiary/aromatic N) is 4. The van der Waals surface area contributed by atoms with Crippen molar-refractivity contribution in [3.8, 4) is 0 Å². The van der Waals surface area contributed by atoms with Gasteiger partial charge in [-0.25, -0.2) is 22.4 Å². The summed E-state index contributed by atoms with van der Waals surface area (Å²) in [6.07, 6.45) is -1.68. The fourth-order valence-corrected chi connectivity index (χ4v) is 3.69. The Labute approximate surface area is 174 Å². The number of carbonyl (C=O) groups is 2. The molecular weight excluding hydrogens is 422 g/mol. The van der Waals surface area contributed by atoms with Crippen molar-refractivity contribution in [1.82, 2.24) is 14.7 Å². The number of hydrogen-bond acceptors (Lipinski definition) is 4. The van der Waals surface area contributed by atoms with Crippen LogP contribution < -0.4 is 10.2 Å². The van der Waals surface area contributed by atoms with E-state index in [2.05, 4.69) is 10.4 Å². The van der Waals surface area contributed by atoms with Crippen LogP contribution in [0.25, 0.3) is 0 Å². The highest BCUT2D eigenvalue weighted by molar-refractivity contribution is 5.95. The number of anilines is 2. The number of benzene rings is 1. The van der Waals surface area contributed by atoms with Gasteiger partial charge in [-0.1, -0.05) is 0 Å². The lowest BCUT2D eigenvalue weighted by atomic mass is 10.1. The number of ether oxygens (including phenoxy) is 1. The first kappa shape index (κ1) is 21.1. The summed E-state index contributed by atoms with van der Waals surface area (Å²) in [5.41, 5.74) is -0.227. The van der Waals surface area contributed by atoms with E-state index in [9.17, 15) is 27.2 Å². The molecule has 1 aromatic heterocycles. The highest BCUT2D eigenvalue weighted by Crippen LogP contribution is 2.30. The average molecular weight is 441 g/mol. The Balaban J connectivity index is 1.56. The van der Waals surface area contributed by atoms with Gasteiger partial charge in [0.15, 0.2) is 11.6 Å². The molecule has 0 spiro atoms. The molecule has 166 valence electrons. The molecule has 2 aliphatic heterocycles. The largest absolute Gasteiger partial charge is 0.370 e. The predicted octanol–water partition coefficient (Wildman–Crippen LogP) is 2.90. The molecule has 31 heavy (non-hydrogen) atoms. The average Bonchev–Trinajstić information content (AvgIpc) is 3.12. The number of amides is 3. The van der Waals surface area contributed by atoms with Crippen LogP contribution in [0.3, 0.4) is 0 Å². The second kappa shape index (κ2) is 8.17. The van der Waals surface area contributed by atoms with Gasteiger partial charge in [0.05, 0.1) is 48.9 Å². The number of morpholine rings is 1. The zero-order chi connectivity index (χ0) is 22.3. The number of aromatic nitrogens is 2. The van der Waals surface area contributed by atoms with Crippen molar-refractivity contribution >= 4 is 23.3 Å². The number of carbonyl (C=O) groups excluding carboxylic acids is 2. The minimum Gasteiger partial charge on any atom is -0.370 e. The van der Waals surface area contributed by atoms with Crippen molar-refractivity contribution in [2.24, 2.45) is 0 Å². The predicted molar refractivity (Wildman–Crippen MR) is 101 cm³/mol. The molecule has 2 aromatic rings. The third-order valence-corrected chi connectivity index (χ3v) is 5.30. The summed E-state index contributed by atoms with van der Waals surface area (Å²) in [6.45, 7) is 2.86. The van der Waals surface area contributed by atoms with Crippen molar-refractivity contribution < 1.29 is 31.9 Å². The van der Waals surface area contributed by atoms with Gasteiger partial charge in [0, 0.05) is 18.3 Å². The molecule has 4 rings (SSSR count). The van der Waals surface area contributed by atoms with E-state index >= 15 is 0 Å². The molecule has 2 aliphatic rings. The molecule has 0 bridgehead atoms. The van der Waals surface area contributed by atoms with Crippen molar-refractivity contribution in [3.05, 3.63) is 41.2 Å². The summed E-state index contributed by atoms with van der Waals surface area (Å²) in [6, 6.07) is 0.346. The number of urea groups is 1. The van der Waals surface area contributed by atoms with Gasteiger partial charge < -0.3 is 19.9 Å². The lowest BCUT2D eigenvalue weighted by Crippen LogP contribution is -2.48. The Morgan fingerprint density at radius 3 is 2.81 bits per heavy atom. The van der Waals surface area contributed by atoms with Crippen LogP contribution >= 0.6 is 0 Å². The van der Waals surface area contributed by atoms with Crippen LogP contribution in [0.5, 0.6) is 0 Å². The standard InChI is InChI=1S/C19H19F4N5O3/c1-10-7-28-15(14(6-24-28)26-2-3-31-9-16(26)29)8-27(10)19(30)25-11-4-12(18(22)23)17(21)13(20)5-11/h4-6,10,18H,2-3,7-9H2,1H3,(H,25,30)/t10-/m0/s1. The molecule has 3 heterocycles. The normalized spacial score (nSPS) is 19.0. The fraction of sp³-hybridized carbons (Fsp3) is 0.421. The summed E-state index contributed by atoms with van der Waals surface area (Å²) in [4.78, 5) is 28.0. The van der Waals surface area contributed by atoms with Gasteiger partial charge >= 0.3 is 6.03 Å². The zero-order valence-electron chi connectivity index (χ0n) is 16.4. The SMILES string of the molecule is C[C@H]1Cn2ncc(N3CCOCC3=O)c2CN1C(=O)Nc1cc(F)c(F)c(C(F)F)c1. The fourth-order valence-electron chi connectivity index (χ4n) is 3.69. The van der Waals surface area contributed by atoms with Crippen LogP contribution in [-0.2, 0) is 22.6 Å². The second-order valence-corrected chi connectivity index (χ2v) is 7.33. The summed E-state index contributed by atoms with van der Waals surface area (Å²) < 4.78 is 59.9. The molecule has 1 N–H and O–H groups in total. The lowest BCUT2D eigenvalue weighted by Gasteiger charge is -2.35. The van der Waals surface area contributed by atoms with Gasteiger partial charge in [-0.2, -0.15) is 5.10 Å². The first-order valence-corrected chi connectivity index (χ1v) is 9.53. The third kappa shape index (κ3) is 3.94. The van der Waals surface area contributed by atoms with Crippen molar-refractivity contribution in [3.63, 3.8) is 0 Å². The Kier molecular flexibility index (Phi) is 5.56. The molecule has 1 saturated heterocycles. The maximum Gasteiger partial charge on any atom is 0.322 e. The van der Waals surface area contributed by atoms with Gasteiger partial charge in [0.1, 0.15) is 6.61 Å². The number of halogens is 4. The Bertz CT molecular complexity index is 1030. The van der Waals surface area contributed by atoms with E-state index in [1.807, 2.05) is 0 Å². The quantitative estimate of drug-likeness (QED) is 0.743. The lowest BCUT2D eigenvalue weighted by molar-refractivity contribution is -0.125. The topological polar surface area (TPSA) is 79.7 Å². The number of alkyl halides is 2. The van der Waals surface area contributed by atoms with Crippen LogP contribution in [0.1, 0.15) is 24.6 Å². The summed E-state index contributed by atoms with van der Waals surface area (Å²) >= 11 is 0. The van der Waals surface area contributed by atoms with Crippen LogP contribution in [0.2, 0.25) is 0 Å². The minimum atomic E-state index is -3.23. The van der Waals surface area contributed by atoms with E-state index in [1.165, 1.54) is 4.90 Å². The maximum absolute atomic E-state index is 13.7. The van der Waals surface area contributed by atoms with E-state index in [-0.39, 0.29) is 30.8 Å². The van der Waals surface area contributed by atoms with Crippen LogP contribution in [0.15, 0.2) is 18.3 Å². The van der Waals surface area contributed by atoms with E-state index in [0.717, 1.165) is 0 Å². The molecule has 1 aromatic carbocycles. The zero-order valence-corrected chi connectivity index (χ0v) is 16.4. The molecule has 0 saturated carbocycles. The molecule has 3 amide bonds. The number of fused-ring (bicyclic) bond motifs is 1. The van der Waals surface area contributed by atoms with Gasteiger partial charge in [0.2, 0.25) is 0 Å². The maximum atomic E-state index is 13.7. The number of rotatable bonds is 3. The number of nitrogens with one attached hydrogen (secondary N) is 1. The van der Waals surface area contributed by atoms with E-state index in [4.69, 9.17) is 4.74 Å². The molecular formula is C19H19F4N5O3. The van der Waals surface area contributed by atoms with Gasteiger partial charge in [-0.15, -0.1) is 0 Å². The summed E-state index contributed by atoms with van der Waals surface area (Å²) in [7, 11) is 0. The van der Waals surface area contributed by atoms with Gasteiger partial charge in [-0.05, 0) is 13.0 Å². The van der Waals surface area contributed by atoms with Crippen molar-refractivity contribution in [2.45, 2.75) is 32.5 Å². The minimum absolute atomic E-state index is 0.0478.